The van der Waals surface area contributed by atoms with Gasteiger partial charge in [-0.15, -0.1) is 0 Å². The molecule has 0 radical (unpaired) electrons. The second kappa shape index (κ2) is 4.62. The Kier molecular flexibility index (Phi) is 4.43. The van der Waals surface area contributed by atoms with Gasteiger partial charge in [0.25, 0.3) is 5.91 Å². The second-order valence-electron chi connectivity index (χ2n) is 2.47. The minimum Gasteiger partial charge on any atom is -0.347 e. The van der Waals surface area contributed by atoms with Crippen molar-refractivity contribution in [1.82, 2.24) is 10.2 Å². The molecule has 0 atom stereocenters. The highest BCUT2D eigenvalue weighted by atomic mass is 35.5. The number of nitrogens with zero attached hydrogens (tertiary/aromatic N) is 1. The van der Waals surface area contributed by atoms with Gasteiger partial charge in [0.05, 0.1) is 6.54 Å². The van der Waals surface area contributed by atoms with E-state index in [0.29, 0.717) is 0 Å². The zero-order valence-electron chi connectivity index (χ0n) is 7.10. The summed E-state index contributed by atoms with van der Waals surface area (Å²) in [4.78, 5) is 22.8. The highest BCUT2D eigenvalue weighted by Gasteiger charge is 2.33. The molecule has 0 bridgehead atoms. The van der Waals surface area contributed by atoms with Gasteiger partial charge in [-0.1, -0.05) is 23.2 Å². The molecule has 0 aliphatic rings. The van der Waals surface area contributed by atoms with Crippen LogP contribution in [0.3, 0.4) is 0 Å². The highest BCUT2D eigenvalue weighted by molar-refractivity contribution is 6.56. The molecule has 0 aromatic rings. The number of carbonyl (C=O) groups excluding carboxylic acids is 2. The molecule has 0 heterocycles. The van der Waals surface area contributed by atoms with Crippen molar-refractivity contribution in [3.8, 4) is 0 Å². The lowest BCUT2D eigenvalue weighted by Gasteiger charge is -2.12. The van der Waals surface area contributed by atoms with Crippen LogP contribution in [0.2, 0.25) is 0 Å². The van der Waals surface area contributed by atoms with Gasteiger partial charge in [0, 0.05) is 14.1 Å². The van der Waals surface area contributed by atoms with E-state index in [2.05, 4.69) is 0 Å². The van der Waals surface area contributed by atoms with Gasteiger partial charge in [-0.05, 0) is 0 Å². The smallest absolute Gasteiger partial charge is 0.335 e. The van der Waals surface area contributed by atoms with E-state index in [9.17, 15) is 14.0 Å². The molecule has 0 aromatic heterocycles. The minimum absolute atomic E-state index is 0.336. The van der Waals surface area contributed by atoms with Gasteiger partial charge in [0.15, 0.2) is 0 Å². The number of hydrogen-bond acceptors (Lipinski definition) is 2. The minimum atomic E-state index is -2.99. The molecule has 0 aromatic carbocycles. The molecule has 0 saturated heterocycles. The Bertz CT molecular complexity index is 215. The van der Waals surface area contributed by atoms with Crippen molar-refractivity contribution < 1.29 is 14.0 Å². The summed E-state index contributed by atoms with van der Waals surface area (Å²) in [5, 5.41) is 1.93. The first-order valence-electron chi connectivity index (χ1n) is 3.30. The van der Waals surface area contributed by atoms with E-state index in [1.54, 1.807) is 0 Å². The molecule has 0 saturated carbocycles. The first-order chi connectivity index (χ1) is 5.75. The lowest BCUT2D eigenvalue weighted by molar-refractivity contribution is -0.132. The Balaban J connectivity index is 3.92. The number of alkyl halides is 3. The molecule has 2 amide bonds. The third kappa shape index (κ3) is 4.90. The van der Waals surface area contributed by atoms with E-state index in [1.807, 2.05) is 5.32 Å². The van der Waals surface area contributed by atoms with E-state index >= 15 is 0 Å². The fourth-order valence-electron chi connectivity index (χ4n) is 0.414. The number of amides is 2. The first kappa shape index (κ1) is 12.4. The van der Waals surface area contributed by atoms with Crippen LogP contribution in [-0.2, 0) is 9.59 Å². The SMILES string of the molecule is CN(C)C(=O)CNC(=O)C(F)(Cl)Cl. The Morgan fingerprint density at radius 3 is 2.23 bits per heavy atom. The predicted octanol–water partition coefficient (Wildman–Crippen LogP) is 0.292. The number of hydrogen-bond donors (Lipinski definition) is 1. The lowest BCUT2D eigenvalue weighted by atomic mass is 10.5. The summed E-state index contributed by atoms with van der Waals surface area (Å²) in [5.41, 5.74) is 0. The molecule has 0 rings (SSSR count). The summed E-state index contributed by atoms with van der Waals surface area (Å²) < 4.78 is 9.43. The van der Waals surface area contributed by atoms with Gasteiger partial charge in [-0.3, -0.25) is 9.59 Å². The van der Waals surface area contributed by atoms with Gasteiger partial charge in [-0.25, -0.2) is 0 Å². The molecule has 13 heavy (non-hydrogen) atoms. The average Bonchev–Trinajstić information content (AvgIpc) is 1.97. The number of halogens is 3. The summed E-state index contributed by atoms with van der Waals surface area (Å²) in [6.45, 7) is -0.336. The van der Waals surface area contributed by atoms with E-state index < -0.39 is 10.5 Å². The zero-order chi connectivity index (χ0) is 10.6. The van der Waals surface area contributed by atoms with Crippen LogP contribution in [0, 0.1) is 0 Å². The highest BCUT2D eigenvalue weighted by Crippen LogP contribution is 2.21. The number of nitrogens with one attached hydrogen (secondary N) is 1. The molecule has 76 valence electrons. The maximum Gasteiger partial charge on any atom is 0.335 e. The Labute approximate surface area is 85.0 Å². The number of rotatable bonds is 3. The molecular weight excluding hydrogens is 222 g/mol. The summed E-state index contributed by atoms with van der Waals surface area (Å²) in [6.07, 6.45) is 0. The molecule has 0 unspecified atom stereocenters. The molecule has 0 aliphatic carbocycles. The van der Waals surface area contributed by atoms with Crippen molar-refractivity contribution in [1.29, 1.82) is 0 Å². The van der Waals surface area contributed by atoms with Crippen LogP contribution in [0.25, 0.3) is 0 Å². The Morgan fingerprint density at radius 2 is 1.92 bits per heavy atom. The second-order valence-corrected chi connectivity index (χ2v) is 3.70. The van der Waals surface area contributed by atoms with Crippen LogP contribution in [0.15, 0.2) is 0 Å². The Morgan fingerprint density at radius 1 is 1.46 bits per heavy atom. The summed E-state index contributed by atoms with van der Waals surface area (Å²) in [6, 6.07) is 0. The van der Waals surface area contributed by atoms with Crippen LogP contribution in [0.1, 0.15) is 0 Å². The quantitative estimate of drug-likeness (QED) is 0.710. The van der Waals surface area contributed by atoms with E-state index in [0.717, 1.165) is 0 Å². The number of carbonyl (C=O) groups is 2. The first-order valence-corrected chi connectivity index (χ1v) is 4.06. The maximum absolute atomic E-state index is 12.4. The fraction of sp³-hybridized carbons (Fsp3) is 0.667. The van der Waals surface area contributed by atoms with Crippen LogP contribution in [0.4, 0.5) is 4.39 Å². The molecule has 0 fully saturated rings. The van der Waals surface area contributed by atoms with Crippen LogP contribution in [-0.4, -0.2) is 41.9 Å². The topological polar surface area (TPSA) is 49.4 Å². The van der Waals surface area contributed by atoms with Crippen molar-refractivity contribution >= 4 is 35.0 Å². The fourth-order valence-corrected chi connectivity index (χ4v) is 0.548. The zero-order valence-corrected chi connectivity index (χ0v) is 8.62. The van der Waals surface area contributed by atoms with Crippen LogP contribution in [0.5, 0.6) is 0 Å². The van der Waals surface area contributed by atoms with Gasteiger partial charge in [0.1, 0.15) is 0 Å². The average molecular weight is 231 g/mol. The third-order valence-electron chi connectivity index (χ3n) is 1.16. The van der Waals surface area contributed by atoms with Gasteiger partial charge in [0.2, 0.25) is 5.91 Å². The molecule has 0 spiro atoms. The van der Waals surface area contributed by atoms with Crippen molar-refractivity contribution in [3.63, 3.8) is 0 Å². The Hall–Kier alpha value is -0.550. The molecule has 7 heteroatoms. The van der Waals surface area contributed by atoms with Crippen LogP contribution >= 0.6 is 23.2 Å². The summed E-state index contributed by atoms with van der Waals surface area (Å²) >= 11 is 9.62. The van der Waals surface area contributed by atoms with Crippen molar-refractivity contribution in [2.45, 2.75) is 4.59 Å². The largest absolute Gasteiger partial charge is 0.347 e. The monoisotopic (exact) mass is 230 g/mol. The van der Waals surface area contributed by atoms with Crippen LogP contribution < -0.4 is 5.32 Å². The maximum atomic E-state index is 12.4. The van der Waals surface area contributed by atoms with E-state index in [4.69, 9.17) is 23.2 Å². The summed E-state index contributed by atoms with van der Waals surface area (Å²) in [7, 11) is 3.00. The van der Waals surface area contributed by atoms with Crippen molar-refractivity contribution in [2.75, 3.05) is 20.6 Å². The predicted molar refractivity (Wildman–Crippen MR) is 47.2 cm³/mol. The summed E-state index contributed by atoms with van der Waals surface area (Å²) in [5.74, 6) is -1.63. The third-order valence-corrected chi connectivity index (χ3v) is 1.50. The van der Waals surface area contributed by atoms with Gasteiger partial charge >= 0.3 is 4.59 Å². The van der Waals surface area contributed by atoms with E-state index in [-0.39, 0.29) is 12.5 Å². The van der Waals surface area contributed by atoms with Crippen molar-refractivity contribution in [2.24, 2.45) is 0 Å². The molecule has 0 aliphatic heterocycles. The van der Waals surface area contributed by atoms with Gasteiger partial charge < -0.3 is 10.2 Å². The lowest BCUT2D eigenvalue weighted by Crippen LogP contribution is -2.41. The van der Waals surface area contributed by atoms with E-state index in [1.165, 1.54) is 19.0 Å². The van der Waals surface area contributed by atoms with Crippen molar-refractivity contribution in [3.05, 3.63) is 0 Å². The van der Waals surface area contributed by atoms with Gasteiger partial charge in [-0.2, -0.15) is 4.39 Å². The molecule has 1 N–H and O–H groups in total. The molecular formula is C6H9Cl2FN2O2. The number of likely N-dealkylation sites (N-methyl/N-ethyl adjacent to an activating group) is 1. The molecule has 4 nitrogen and oxygen atoms in total. The normalized spacial score (nSPS) is 10.8. The standard InChI is InChI=1S/C6H9Cl2FN2O2/c1-11(2)4(12)3-10-5(13)6(7,8)9/h3H2,1-2H3,(H,10,13).